The van der Waals surface area contributed by atoms with E-state index in [1.54, 1.807) is 17.0 Å². The number of nitrogens with zero attached hydrogens (tertiary/aromatic N) is 1. The molecule has 2 heterocycles. The van der Waals surface area contributed by atoms with Crippen molar-refractivity contribution in [2.45, 2.75) is 16.2 Å². The summed E-state index contributed by atoms with van der Waals surface area (Å²) in [5, 5.41) is 0. The minimum Gasteiger partial charge on any atom is -0.338 e. The number of nitrogens with two attached hydrogens (primary N) is 1. The van der Waals surface area contributed by atoms with Crippen LogP contribution in [-0.2, 0) is 9.84 Å². The van der Waals surface area contributed by atoms with Crippen LogP contribution in [0.25, 0.3) is 0 Å². The minimum atomic E-state index is -3.84. The van der Waals surface area contributed by atoms with Gasteiger partial charge in [0.05, 0.1) is 9.79 Å². The van der Waals surface area contributed by atoms with Gasteiger partial charge in [0, 0.05) is 29.8 Å². The third-order valence-corrected chi connectivity index (χ3v) is 6.94. The largest absolute Gasteiger partial charge is 0.338 e. The molecular formula is C19H18N2O4S. The summed E-state index contributed by atoms with van der Waals surface area (Å²) in [5.74, 6) is -0.298. The SMILES string of the molecule is NCC1CCN(C(=O)c2ccc3c(c2)S(=O)(=O)c2ccccc2C3=O)C1. The van der Waals surface area contributed by atoms with Crippen LogP contribution in [0, 0.1) is 5.92 Å². The van der Waals surface area contributed by atoms with Gasteiger partial charge in [-0.1, -0.05) is 12.1 Å². The topological polar surface area (TPSA) is 97.5 Å². The number of carbonyl (C=O) groups excluding carboxylic acids is 2. The van der Waals surface area contributed by atoms with Crippen LogP contribution >= 0.6 is 0 Å². The van der Waals surface area contributed by atoms with Crippen molar-refractivity contribution in [3.05, 3.63) is 59.2 Å². The molecule has 0 radical (unpaired) electrons. The first-order valence-electron chi connectivity index (χ1n) is 8.45. The molecule has 2 aliphatic heterocycles. The van der Waals surface area contributed by atoms with Crippen molar-refractivity contribution in [2.75, 3.05) is 19.6 Å². The van der Waals surface area contributed by atoms with Gasteiger partial charge in [-0.05, 0) is 49.2 Å². The first-order chi connectivity index (χ1) is 12.4. The molecule has 1 atom stereocenters. The summed E-state index contributed by atoms with van der Waals surface area (Å²) < 4.78 is 25.9. The van der Waals surface area contributed by atoms with Crippen LogP contribution in [0.3, 0.4) is 0 Å². The third kappa shape index (κ3) is 2.47. The number of sulfone groups is 1. The Balaban J connectivity index is 1.77. The Labute approximate surface area is 151 Å². The highest BCUT2D eigenvalue weighted by Gasteiger charge is 2.35. The highest BCUT2D eigenvalue weighted by atomic mass is 32.2. The Kier molecular flexibility index (Phi) is 3.93. The van der Waals surface area contributed by atoms with Crippen LogP contribution in [0.15, 0.2) is 52.3 Å². The molecule has 0 aliphatic carbocycles. The first-order valence-corrected chi connectivity index (χ1v) is 9.94. The van der Waals surface area contributed by atoms with E-state index in [0.29, 0.717) is 19.6 Å². The molecule has 6 nitrogen and oxygen atoms in total. The number of amides is 1. The number of fused-ring (bicyclic) bond motifs is 2. The molecule has 2 aromatic carbocycles. The second-order valence-corrected chi connectivity index (χ2v) is 8.57. The number of hydrogen-bond acceptors (Lipinski definition) is 5. The van der Waals surface area contributed by atoms with E-state index in [1.165, 1.54) is 30.3 Å². The van der Waals surface area contributed by atoms with Crippen LogP contribution in [0.1, 0.15) is 32.7 Å². The van der Waals surface area contributed by atoms with Gasteiger partial charge in [-0.3, -0.25) is 9.59 Å². The Morgan fingerprint density at radius 3 is 2.58 bits per heavy atom. The van der Waals surface area contributed by atoms with Gasteiger partial charge in [-0.2, -0.15) is 0 Å². The Morgan fingerprint density at radius 2 is 1.85 bits per heavy atom. The maximum Gasteiger partial charge on any atom is 0.253 e. The Hall–Kier alpha value is -2.51. The van der Waals surface area contributed by atoms with E-state index >= 15 is 0 Å². The van der Waals surface area contributed by atoms with Gasteiger partial charge < -0.3 is 10.6 Å². The first kappa shape index (κ1) is 16.9. The van der Waals surface area contributed by atoms with Crippen molar-refractivity contribution >= 4 is 21.5 Å². The van der Waals surface area contributed by atoms with Crippen LogP contribution in [0.4, 0.5) is 0 Å². The van der Waals surface area contributed by atoms with E-state index in [4.69, 9.17) is 5.73 Å². The van der Waals surface area contributed by atoms with Crippen LogP contribution < -0.4 is 5.73 Å². The molecule has 4 rings (SSSR count). The van der Waals surface area contributed by atoms with E-state index in [1.807, 2.05) is 0 Å². The molecule has 7 heteroatoms. The van der Waals surface area contributed by atoms with Crippen LogP contribution in [0.2, 0.25) is 0 Å². The molecule has 2 aliphatic rings. The maximum atomic E-state index is 12.9. The van der Waals surface area contributed by atoms with Crippen molar-refractivity contribution < 1.29 is 18.0 Å². The molecule has 1 saturated heterocycles. The van der Waals surface area contributed by atoms with Gasteiger partial charge in [0.1, 0.15) is 0 Å². The summed E-state index contributed by atoms with van der Waals surface area (Å²) in [5.41, 5.74) is 6.23. The van der Waals surface area contributed by atoms with Crippen LogP contribution in [0.5, 0.6) is 0 Å². The summed E-state index contributed by atoms with van der Waals surface area (Å²) in [4.78, 5) is 27.0. The molecular weight excluding hydrogens is 352 g/mol. The summed E-state index contributed by atoms with van der Waals surface area (Å²) in [6.45, 7) is 1.70. The molecule has 0 saturated carbocycles. The number of benzene rings is 2. The number of ketones is 1. The number of hydrogen-bond donors (Lipinski definition) is 1. The summed E-state index contributed by atoms with van der Waals surface area (Å²) >= 11 is 0. The summed E-state index contributed by atoms with van der Waals surface area (Å²) in [7, 11) is -3.84. The second-order valence-electron chi connectivity index (χ2n) is 6.68. The molecule has 1 unspecified atom stereocenters. The zero-order valence-corrected chi connectivity index (χ0v) is 14.8. The van der Waals surface area contributed by atoms with Gasteiger partial charge in [0.2, 0.25) is 9.84 Å². The maximum absolute atomic E-state index is 12.9. The van der Waals surface area contributed by atoms with Crippen LogP contribution in [-0.4, -0.2) is 44.6 Å². The average Bonchev–Trinajstić information content (AvgIpc) is 3.15. The van der Waals surface area contributed by atoms with Gasteiger partial charge in [-0.15, -0.1) is 0 Å². The van der Waals surface area contributed by atoms with Crippen molar-refractivity contribution in [1.82, 2.24) is 4.90 Å². The summed E-state index contributed by atoms with van der Waals surface area (Å²) in [6.07, 6.45) is 0.845. The lowest BCUT2D eigenvalue weighted by Crippen LogP contribution is -2.30. The molecule has 0 aromatic heterocycles. The molecule has 0 bridgehead atoms. The van der Waals surface area contributed by atoms with Gasteiger partial charge >= 0.3 is 0 Å². The molecule has 1 fully saturated rings. The van der Waals surface area contributed by atoms with Crippen molar-refractivity contribution in [2.24, 2.45) is 11.7 Å². The second kappa shape index (κ2) is 6.03. The lowest BCUT2D eigenvalue weighted by molar-refractivity contribution is 0.0787. The van der Waals surface area contributed by atoms with Gasteiger partial charge in [0.15, 0.2) is 5.78 Å². The fraction of sp³-hybridized carbons (Fsp3) is 0.263. The minimum absolute atomic E-state index is 0.00790. The highest BCUT2D eigenvalue weighted by molar-refractivity contribution is 7.91. The smallest absolute Gasteiger partial charge is 0.253 e. The molecule has 134 valence electrons. The zero-order chi connectivity index (χ0) is 18.5. The fourth-order valence-electron chi connectivity index (χ4n) is 3.61. The molecule has 0 spiro atoms. The van der Waals surface area contributed by atoms with E-state index < -0.39 is 9.84 Å². The molecule has 2 N–H and O–H groups in total. The van der Waals surface area contributed by atoms with E-state index in [-0.39, 0.29) is 44.1 Å². The molecule has 2 aromatic rings. The quantitative estimate of drug-likeness (QED) is 0.737. The molecule has 26 heavy (non-hydrogen) atoms. The third-order valence-electron chi connectivity index (χ3n) is 5.09. The summed E-state index contributed by atoms with van der Waals surface area (Å²) in [6, 6.07) is 10.4. The number of rotatable bonds is 2. The van der Waals surface area contributed by atoms with E-state index in [0.717, 1.165) is 6.42 Å². The fourth-order valence-corrected chi connectivity index (χ4v) is 5.29. The lowest BCUT2D eigenvalue weighted by Gasteiger charge is -2.21. The van der Waals surface area contributed by atoms with Gasteiger partial charge in [0.25, 0.3) is 5.91 Å². The standard InChI is InChI=1S/C19H18N2O4S/c20-10-12-7-8-21(11-12)19(23)13-5-6-15-17(9-13)26(24,25)16-4-2-1-3-14(16)18(15)22/h1-6,9,12H,7-8,10-11,20H2. The van der Waals surface area contributed by atoms with Gasteiger partial charge in [-0.25, -0.2) is 8.42 Å². The van der Waals surface area contributed by atoms with Crippen molar-refractivity contribution in [3.8, 4) is 0 Å². The number of likely N-dealkylation sites (tertiary alicyclic amines) is 1. The van der Waals surface area contributed by atoms with E-state index in [2.05, 4.69) is 0 Å². The van der Waals surface area contributed by atoms with Crippen molar-refractivity contribution in [1.29, 1.82) is 0 Å². The Bertz CT molecular complexity index is 1030. The monoisotopic (exact) mass is 370 g/mol. The average molecular weight is 370 g/mol. The highest BCUT2D eigenvalue weighted by Crippen LogP contribution is 2.35. The molecule has 1 amide bonds. The predicted octanol–water partition coefficient (Wildman–Crippen LogP) is 1.48. The number of carbonyl (C=O) groups is 2. The Morgan fingerprint density at radius 1 is 1.12 bits per heavy atom. The predicted molar refractivity (Wildman–Crippen MR) is 94.8 cm³/mol. The van der Waals surface area contributed by atoms with Crippen molar-refractivity contribution in [3.63, 3.8) is 0 Å². The van der Waals surface area contributed by atoms with E-state index in [9.17, 15) is 18.0 Å². The lowest BCUT2D eigenvalue weighted by atomic mass is 10.0. The zero-order valence-electron chi connectivity index (χ0n) is 14.0. The normalized spacial score (nSPS) is 20.6.